The minimum Gasteiger partial charge on any atom is -0.489 e. The van der Waals surface area contributed by atoms with Crippen LogP contribution in [0, 0.1) is 12.3 Å². The van der Waals surface area contributed by atoms with Gasteiger partial charge in [0, 0.05) is 17.5 Å². The second kappa shape index (κ2) is 8.55. The number of nitrogens with one attached hydrogen (secondary N) is 1. The molecular formula is C22H25N3O. The van der Waals surface area contributed by atoms with Gasteiger partial charge in [-0.05, 0) is 55.9 Å². The molecule has 0 amide bonds. The van der Waals surface area contributed by atoms with Crippen molar-refractivity contribution in [3.63, 3.8) is 0 Å². The fraction of sp³-hybridized carbons (Fsp3) is 0.318. The highest BCUT2D eigenvalue weighted by atomic mass is 16.5. The van der Waals surface area contributed by atoms with Gasteiger partial charge in [0.2, 0.25) is 0 Å². The van der Waals surface area contributed by atoms with Crippen molar-refractivity contribution < 1.29 is 4.74 Å². The van der Waals surface area contributed by atoms with Crippen LogP contribution >= 0.6 is 0 Å². The summed E-state index contributed by atoms with van der Waals surface area (Å²) in [5.74, 6) is 3.47. The van der Waals surface area contributed by atoms with Crippen LogP contribution in [0.4, 0.5) is 0 Å². The van der Waals surface area contributed by atoms with Crippen LogP contribution in [0.25, 0.3) is 10.9 Å². The Hall–Kier alpha value is -2.77. The summed E-state index contributed by atoms with van der Waals surface area (Å²) in [6.45, 7) is 4.66. The van der Waals surface area contributed by atoms with E-state index in [2.05, 4.69) is 41.1 Å². The monoisotopic (exact) mass is 347 g/mol. The van der Waals surface area contributed by atoms with Crippen LogP contribution in [0.15, 0.2) is 42.5 Å². The maximum absolute atomic E-state index is 5.96. The van der Waals surface area contributed by atoms with Gasteiger partial charge in [0.1, 0.15) is 12.4 Å². The standard InChI is InChI=1S/C22H25N3O/c1-4-6-13-25(3)15-22-20-14-19(11-12-21(20)23-24-22)26-16-18-9-7-17(5-2)8-10-18/h2,7-12,14H,4,6,13,15-16H2,1,3H3,(H,23,24). The lowest BCUT2D eigenvalue weighted by molar-refractivity contribution is 0.306. The van der Waals surface area contributed by atoms with E-state index in [-0.39, 0.29) is 0 Å². The van der Waals surface area contributed by atoms with E-state index in [9.17, 15) is 0 Å². The van der Waals surface area contributed by atoms with Crippen LogP contribution in [0.2, 0.25) is 0 Å². The van der Waals surface area contributed by atoms with Crippen molar-refractivity contribution in [2.24, 2.45) is 0 Å². The minimum absolute atomic E-state index is 0.514. The maximum Gasteiger partial charge on any atom is 0.120 e. The van der Waals surface area contributed by atoms with Crippen molar-refractivity contribution in [2.45, 2.75) is 32.9 Å². The van der Waals surface area contributed by atoms with Crippen LogP contribution in [-0.4, -0.2) is 28.7 Å². The third-order valence-corrected chi connectivity index (χ3v) is 4.45. The Morgan fingerprint density at radius 3 is 2.73 bits per heavy atom. The van der Waals surface area contributed by atoms with E-state index in [1.807, 2.05) is 36.4 Å². The van der Waals surface area contributed by atoms with Gasteiger partial charge in [-0.3, -0.25) is 5.10 Å². The molecule has 0 saturated carbocycles. The van der Waals surface area contributed by atoms with Gasteiger partial charge >= 0.3 is 0 Å². The summed E-state index contributed by atoms with van der Waals surface area (Å²) in [4.78, 5) is 2.32. The van der Waals surface area contributed by atoms with E-state index in [1.54, 1.807) is 0 Å². The number of nitrogens with zero attached hydrogens (tertiary/aromatic N) is 2. The Bertz CT molecular complexity index is 890. The van der Waals surface area contributed by atoms with Crippen LogP contribution in [-0.2, 0) is 13.2 Å². The van der Waals surface area contributed by atoms with Gasteiger partial charge in [-0.25, -0.2) is 0 Å². The second-order valence-electron chi connectivity index (χ2n) is 6.60. The van der Waals surface area contributed by atoms with E-state index in [4.69, 9.17) is 11.2 Å². The van der Waals surface area contributed by atoms with E-state index >= 15 is 0 Å². The fourth-order valence-electron chi connectivity index (χ4n) is 2.89. The molecule has 0 aliphatic carbocycles. The normalized spacial score (nSPS) is 11.0. The molecule has 0 aliphatic rings. The summed E-state index contributed by atoms with van der Waals surface area (Å²) in [6, 6.07) is 13.9. The Labute approximate surface area is 155 Å². The number of terminal acetylenes is 1. The summed E-state index contributed by atoms with van der Waals surface area (Å²) in [5.41, 5.74) is 4.07. The van der Waals surface area contributed by atoms with Gasteiger partial charge in [-0.1, -0.05) is 31.4 Å². The molecule has 0 aliphatic heterocycles. The Morgan fingerprint density at radius 1 is 1.19 bits per heavy atom. The molecule has 0 atom stereocenters. The van der Waals surface area contributed by atoms with Gasteiger partial charge in [0.15, 0.2) is 0 Å². The van der Waals surface area contributed by atoms with E-state index in [0.29, 0.717) is 6.61 Å². The average molecular weight is 347 g/mol. The fourth-order valence-corrected chi connectivity index (χ4v) is 2.89. The van der Waals surface area contributed by atoms with E-state index in [1.165, 1.54) is 12.8 Å². The third kappa shape index (κ3) is 4.44. The molecule has 1 aromatic heterocycles. The third-order valence-electron chi connectivity index (χ3n) is 4.45. The highest BCUT2D eigenvalue weighted by Gasteiger charge is 2.09. The molecule has 0 fully saturated rings. The Morgan fingerprint density at radius 2 is 2.00 bits per heavy atom. The summed E-state index contributed by atoms with van der Waals surface area (Å²) in [5, 5.41) is 8.69. The molecule has 1 N–H and O–H groups in total. The molecule has 134 valence electrons. The highest BCUT2D eigenvalue weighted by molar-refractivity contribution is 5.82. The van der Waals surface area contributed by atoms with Crippen molar-refractivity contribution in [3.8, 4) is 18.1 Å². The molecule has 1 heterocycles. The number of ether oxygens (including phenoxy) is 1. The number of aromatic nitrogens is 2. The predicted octanol–water partition coefficient (Wildman–Crippen LogP) is 4.36. The van der Waals surface area contributed by atoms with Crippen molar-refractivity contribution in [2.75, 3.05) is 13.6 Å². The first-order valence-corrected chi connectivity index (χ1v) is 9.03. The van der Waals surface area contributed by atoms with Crippen molar-refractivity contribution in [1.29, 1.82) is 0 Å². The molecular weight excluding hydrogens is 322 g/mol. The lowest BCUT2D eigenvalue weighted by Crippen LogP contribution is -2.19. The van der Waals surface area contributed by atoms with Gasteiger partial charge in [0.05, 0.1) is 11.2 Å². The zero-order valence-electron chi connectivity index (χ0n) is 15.5. The molecule has 4 nitrogen and oxygen atoms in total. The van der Waals surface area contributed by atoms with Gasteiger partial charge in [-0.2, -0.15) is 5.10 Å². The van der Waals surface area contributed by atoms with Gasteiger partial charge in [0.25, 0.3) is 0 Å². The number of aromatic amines is 1. The summed E-state index contributed by atoms with van der Waals surface area (Å²) in [6.07, 6.45) is 7.80. The van der Waals surface area contributed by atoms with Crippen molar-refractivity contribution in [1.82, 2.24) is 15.1 Å². The topological polar surface area (TPSA) is 41.1 Å². The number of unbranched alkanes of at least 4 members (excludes halogenated alkanes) is 1. The lowest BCUT2D eigenvalue weighted by atomic mass is 10.1. The molecule has 3 aromatic rings. The van der Waals surface area contributed by atoms with Crippen molar-refractivity contribution in [3.05, 3.63) is 59.3 Å². The predicted molar refractivity (Wildman–Crippen MR) is 106 cm³/mol. The largest absolute Gasteiger partial charge is 0.489 e. The molecule has 0 radical (unpaired) electrons. The quantitative estimate of drug-likeness (QED) is 0.616. The highest BCUT2D eigenvalue weighted by Crippen LogP contribution is 2.24. The van der Waals surface area contributed by atoms with Gasteiger partial charge in [-0.15, -0.1) is 6.42 Å². The SMILES string of the molecule is C#Cc1ccc(COc2ccc3n[nH]c(CN(C)CCCC)c3c2)cc1. The molecule has 26 heavy (non-hydrogen) atoms. The van der Waals surface area contributed by atoms with Crippen LogP contribution in [0.1, 0.15) is 36.6 Å². The molecule has 0 bridgehead atoms. The minimum atomic E-state index is 0.514. The summed E-state index contributed by atoms with van der Waals surface area (Å²) < 4.78 is 5.96. The summed E-state index contributed by atoms with van der Waals surface area (Å²) >= 11 is 0. The Balaban J connectivity index is 1.69. The lowest BCUT2D eigenvalue weighted by Gasteiger charge is -2.15. The number of fused-ring (bicyclic) bond motifs is 1. The molecule has 0 saturated heterocycles. The van der Waals surface area contributed by atoms with E-state index < -0.39 is 0 Å². The first-order valence-electron chi connectivity index (χ1n) is 9.03. The average Bonchev–Trinajstić information content (AvgIpc) is 3.07. The first kappa shape index (κ1) is 18.0. The molecule has 3 rings (SSSR count). The van der Waals surface area contributed by atoms with Gasteiger partial charge < -0.3 is 9.64 Å². The number of rotatable bonds is 8. The van der Waals surface area contributed by atoms with Crippen LogP contribution in [0.3, 0.4) is 0 Å². The molecule has 4 heteroatoms. The number of H-pyrrole nitrogens is 1. The number of benzene rings is 2. The second-order valence-corrected chi connectivity index (χ2v) is 6.60. The zero-order chi connectivity index (χ0) is 18.4. The van der Waals surface area contributed by atoms with Crippen LogP contribution in [0.5, 0.6) is 5.75 Å². The molecule has 0 spiro atoms. The number of hydrogen-bond donors (Lipinski definition) is 1. The molecule has 0 unspecified atom stereocenters. The Kier molecular flexibility index (Phi) is 5.93. The first-order chi connectivity index (χ1) is 12.7. The summed E-state index contributed by atoms with van der Waals surface area (Å²) in [7, 11) is 2.14. The zero-order valence-corrected chi connectivity index (χ0v) is 15.5. The maximum atomic E-state index is 5.96. The van der Waals surface area contributed by atoms with E-state index in [0.717, 1.165) is 46.6 Å². The number of hydrogen-bond acceptors (Lipinski definition) is 3. The van der Waals surface area contributed by atoms with Crippen LogP contribution < -0.4 is 4.74 Å². The smallest absolute Gasteiger partial charge is 0.120 e. The van der Waals surface area contributed by atoms with Crippen molar-refractivity contribution >= 4 is 10.9 Å². The molecule has 2 aromatic carbocycles.